The molecule has 0 aliphatic heterocycles. The number of halogens is 1. The van der Waals surface area contributed by atoms with Crippen molar-refractivity contribution in [3.63, 3.8) is 0 Å². The fourth-order valence-corrected chi connectivity index (χ4v) is 2.12. The molecule has 3 nitrogen and oxygen atoms in total. The van der Waals surface area contributed by atoms with Crippen LogP contribution in [0.2, 0.25) is 0 Å². The molecule has 0 amide bonds. The molecule has 0 saturated carbocycles. The number of hydrogen-bond donors (Lipinski definition) is 1. The van der Waals surface area contributed by atoms with Crippen molar-refractivity contribution in [3.05, 3.63) is 71.8 Å². The van der Waals surface area contributed by atoms with Crippen LogP contribution in [-0.4, -0.2) is 9.97 Å². The van der Waals surface area contributed by atoms with E-state index in [-0.39, 0.29) is 11.9 Å². The van der Waals surface area contributed by atoms with Gasteiger partial charge in [-0.25, -0.2) is 4.39 Å². The molecule has 1 aromatic heterocycles. The highest BCUT2D eigenvalue weighted by molar-refractivity contribution is 5.78. The van der Waals surface area contributed by atoms with Crippen molar-refractivity contribution in [3.8, 4) is 0 Å². The summed E-state index contributed by atoms with van der Waals surface area (Å²) in [6, 6.07) is 11.6. The highest BCUT2D eigenvalue weighted by atomic mass is 19.1. The van der Waals surface area contributed by atoms with Gasteiger partial charge in [0.2, 0.25) is 0 Å². The Morgan fingerprint density at radius 1 is 0.947 bits per heavy atom. The zero-order valence-electron chi connectivity index (χ0n) is 10.1. The quantitative estimate of drug-likeness (QED) is 0.764. The second-order valence-corrected chi connectivity index (χ2v) is 4.30. The average molecular weight is 253 g/mol. The number of hydrogen-bond acceptors (Lipinski definition) is 3. The van der Waals surface area contributed by atoms with E-state index in [0.29, 0.717) is 0 Å². The number of benzene rings is 2. The molecule has 0 radical (unpaired) electrons. The van der Waals surface area contributed by atoms with Crippen molar-refractivity contribution in [1.82, 2.24) is 9.97 Å². The van der Waals surface area contributed by atoms with Crippen molar-refractivity contribution in [1.29, 1.82) is 0 Å². The summed E-state index contributed by atoms with van der Waals surface area (Å²) >= 11 is 0. The van der Waals surface area contributed by atoms with Crippen LogP contribution in [0, 0.1) is 5.82 Å². The largest absolute Gasteiger partial charge is 0.320 e. The van der Waals surface area contributed by atoms with Crippen LogP contribution < -0.4 is 5.73 Å². The van der Waals surface area contributed by atoms with E-state index in [4.69, 9.17) is 5.73 Å². The zero-order chi connectivity index (χ0) is 13.2. The molecule has 3 rings (SSSR count). The lowest BCUT2D eigenvalue weighted by Crippen LogP contribution is -2.12. The Morgan fingerprint density at radius 3 is 2.47 bits per heavy atom. The lowest BCUT2D eigenvalue weighted by atomic mass is 9.98. The van der Waals surface area contributed by atoms with Gasteiger partial charge < -0.3 is 5.73 Å². The van der Waals surface area contributed by atoms with Gasteiger partial charge >= 0.3 is 0 Å². The van der Waals surface area contributed by atoms with E-state index in [9.17, 15) is 4.39 Å². The molecule has 1 unspecified atom stereocenters. The maximum absolute atomic E-state index is 12.9. The molecule has 0 aliphatic rings. The van der Waals surface area contributed by atoms with Crippen LogP contribution in [0.4, 0.5) is 4.39 Å². The summed E-state index contributed by atoms with van der Waals surface area (Å²) in [5, 5.41) is 0. The summed E-state index contributed by atoms with van der Waals surface area (Å²) in [6.07, 6.45) is 3.29. The molecule has 94 valence electrons. The standard InChI is InChI=1S/C15H12FN3/c16-11-6-4-10(5-7-11)14(17)12-2-1-3-13-15(12)19-9-8-18-13/h1-9,14H,17H2. The molecule has 0 saturated heterocycles. The minimum atomic E-state index is -0.346. The predicted octanol–water partition coefficient (Wildman–Crippen LogP) is 2.82. The molecule has 0 bridgehead atoms. The van der Waals surface area contributed by atoms with Crippen molar-refractivity contribution < 1.29 is 4.39 Å². The van der Waals surface area contributed by atoms with Crippen LogP contribution in [0.5, 0.6) is 0 Å². The van der Waals surface area contributed by atoms with E-state index in [0.717, 1.165) is 22.2 Å². The lowest BCUT2D eigenvalue weighted by Gasteiger charge is -2.14. The minimum absolute atomic E-state index is 0.270. The van der Waals surface area contributed by atoms with Crippen LogP contribution in [0.25, 0.3) is 11.0 Å². The van der Waals surface area contributed by atoms with E-state index < -0.39 is 0 Å². The molecule has 4 heteroatoms. The molecule has 2 aromatic carbocycles. The summed E-state index contributed by atoms with van der Waals surface area (Å²) in [7, 11) is 0. The Hall–Kier alpha value is -2.33. The van der Waals surface area contributed by atoms with Gasteiger partial charge in [0.25, 0.3) is 0 Å². The lowest BCUT2D eigenvalue weighted by molar-refractivity contribution is 0.626. The van der Waals surface area contributed by atoms with Gasteiger partial charge in [-0.2, -0.15) is 0 Å². The molecular weight excluding hydrogens is 241 g/mol. The van der Waals surface area contributed by atoms with Crippen LogP contribution in [0.3, 0.4) is 0 Å². The predicted molar refractivity (Wildman–Crippen MR) is 72.0 cm³/mol. The van der Waals surface area contributed by atoms with Gasteiger partial charge in [0.15, 0.2) is 0 Å². The van der Waals surface area contributed by atoms with E-state index in [1.807, 2.05) is 18.2 Å². The Morgan fingerprint density at radius 2 is 1.68 bits per heavy atom. The monoisotopic (exact) mass is 253 g/mol. The Bertz CT molecular complexity index is 705. The van der Waals surface area contributed by atoms with Gasteiger partial charge in [-0.3, -0.25) is 9.97 Å². The first kappa shape index (κ1) is 11.7. The summed E-state index contributed by atoms with van der Waals surface area (Å²) in [6.45, 7) is 0. The van der Waals surface area contributed by atoms with Crippen molar-refractivity contribution in [2.24, 2.45) is 5.73 Å². The van der Waals surface area contributed by atoms with Gasteiger partial charge in [-0.15, -0.1) is 0 Å². The van der Waals surface area contributed by atoms with E-state index in [1.54, 1.807) is 24.5 Å². The van der Waals surface area contributed by atoms with Gasteiger partial charge in [-0.1, -0.05) is 24.3 Å². The fourth-order valence-electron chi connectivity index (χ4n) is 2.12. The molecule has 19 heavy (non-hydrogen) atoms. The van der Waals surface area contributed by atoms with E-state index in [1.165, 1.54) is 12.1 Å². The number of nitrogens with zero attached hydrogens (tertiary/aromatic N) is 2. The first-order valence-electron chi connectivity index (χ1n) is 5.96. The number of aromatic nitrogens is 2. The Balaban J connectivity index is 2.11. The summed E-state index contributed by atoms with van der Waals surface area (Å²) in [5.74, 6) is -0.270. The fraction of sp³-hybridized carbons (Fsp3) is 0.0667. The summed E-state index contributed by atoms with van der Waals surface area (Å²) in [5.41, 5.74) is 9.56. The van der Waals surface area contributed by atoms with Gasteiger partial charge in [0.1, 0.15) is 5.82 Å². The van der Waals surface area contributed by atoms with Gasteiger partial charge in [0, 0.05) is 18.0 Å². The third-order valence-electron chi connectivity index (χ3n) is 3.09. The van der Waals surface area contributed by atoms with Crippen LogP contribution >= 0.6 is 0 Å². The average Bonchev–Trinajstić information content (AvgIpc) is 2.47. The SMILES string of the molecule is NC(c1ccc(F)cc1)c1cccc2nccnc12. The molecule has 3 aromatic rings. The van der Waals surface area contributed by atoms with Gasteiger partial charge in [0.05, 0.1) is 17.1 Å². The first-order valence-corrected chi connectivity index (χ1v) is 5.96. The Labute approximate surface area is 109 Å². The smallest absolute Gasteiger partial charge is 0.123 e. The van der Waals surface area contributed by atoms with Crippen molar-refractivity contribution in [2.45, 2.75) is 6.04 Å². The molecular formula is C15H12FN3. The third-order valence-corrected chi connectivity index (χ3v) is 3.09. The number of fused-ring (bicyclic) bond motifs is 1. The highest BCUT2D eigenvalue weighted by Crippen LogP contribution is 2.25. The normalized spacial score (nSPS) is 12.5. The van der Waals surface area contributed by atoms with Crippen molar-refractivity contribution in [2.75, 3.05) is 0 Å². The van der Waals surface area contributed by atoms with E-state index in [2.05, 4.69) is 9.97 Å². The number of rotatable bonds is 2. The van der Waals surface area contributed by atoms with Crippen LogP contribution in [-0.2, 0) is 0 Å². The van der Waals surface area contributed by atoms with Gasteiger partial charge in [-0.05, 0) is 23.8 Å². The third kappa shape index (κ3) is 2.18. The molecule has 0 spiro atoms. The molecule has 2 N–H and O–H groups in total. The minimum Gasteiger partial charge on any atom is -0.320 e. The highest BCUT2D eigenvalue weighted by Gasteiger charge is 2.13. The van der Waals surface area contributed by atoms with Crippen molar-refractivity contribution >= 4 is 11.0 Å². The van der Waals surface area contributed by atoms with Crippen LogP contribution in [0.15, 0.2) is 54.9 Å². The molecule has 1 atom stereocenters. The maximum atomic E-state index is 12.9. The second kappa shape index (κ2) is 4.74. The summed E-state index contributed by atoms with van der Waals surface area (Å²) < 4.78 is 12.9. The molecule has 0 aliphatic carbocycles. The zero-order valence-corrected chi connectivity index (χ0v) is 10.1. The number of nitrogens with two attached hydrogens (primary N) is 1. The second-order valence-electron chi connectivity index (χ2n) is 4.30. The Kier molecular flexibility index (Phi) is 2.93. The summed E-state index contributed by atoms with van der Waals surface area (Å²) in [4.78, 5) is 8.58. The van der Waals surface area contributed by atoms with E-state index >= 15 is 0 Å². The van der Waals surface area contributed by atoms with Crippen LogP contribution in [0.1, 0.15) is 17.2 Å². The molecule has 0 fully saturated rings. The number of para-hydroxylation sites is 1. The maximum Gasteiger partial charge on any atom is 0.123 e. The first-order chi connectivity index (χ1) is 9.25. The topological polar surface area (TPSA) is 51.8 Å². The molecule has 1 heterocycles.